The summed E-state index contributed by atoms with van der Waals surface area (Å²) in [5.74, 6) is -0.372. The van der Waals surface area contributed by atoms with Gasteiger partial charge < -0.3 is 0 Å². The van der Waals surface area contributed by atoms with E-state index < -0.39 is 0 Å². The predicted molar refractivity (Wildman–Crippen MR) is 90.7 cm³/mol. The Balaban J connectivity index is 1.44. The quantitative estimate of drug-likeness (QED) is 0.812. The van der Waals surface area contributed by atoms with Crippen molar-refractivity contribution in [2.24, 2.45) is 11.8 Å². The van der Waals surface area contributed by atoms with Crippen molar-refractivity contribution in [3.63, 3.8) is 0 Å². The Morgan fingerprint density at radius 3 is 1.67 bits per heavy atom. The lowest BCUT2D eigenvalue weighted by Crippen LogP contribution is -2.35. The van der Waals surface area contributed by atoms with Crippen LogP contribution in [0.1, 0.15) is 11.1 Å². The Morgan fingerprint density at radius 2 is 1.17 bits per heavy atom. The Kier molecular flexibility index (Phi) is 3.90. The average molecular weight is 320 g/mol. The van der Waals surface area contributed by atoms with E-state index in [4.69, 9.17) is 0 Å². The number of imide groups is 1. The van der Waals surface area contributed by atoms with Gasteiger partial charge >= 0.3 is 0 Å². The summed E-state index contributed by atoms with van der Waals surface area (Å²) in [7, 11) is 0. The lowest BCUT2D eigenvalue weighted by molar-refractivity contribution is -0.141. The zero-order valence-electron chi connectivity index (χ0n) is 13.5. The molecule has 0 N–H and O–H groups in total. The number of amides is 2. The second kappa shape index (κ2) is 6.21. The molecule has 2 amide bonds. The van der Waals surface area contributed by atoms with Crippen LogP contribution < -0.4 is 0 Å². The van der Waals surface area contributed by atoms with Gasteiger partial charge in [0.25, 0.3) is 0 Å². The highest BCUT2D eigenvalue weighted by Crippen LogP contribution is 2.34. The van der Waals surface area contributed by atoms with Gasteiger partial charge in [-0.3, -0.25) is 19.4 Å². The summed E-state index contributed by atoms with van der Waals surface area (Å²) in [6.45, 7) is 2.54. The van der Waals surface area contributed by atoms with Crippen LogP contribution >= 0.6 is 0 Å². The van der Waals surface area contributed by atoms with E-state index in [0.29, 0.717) is 19.6 Å². The Hall–Kier alpha value is -2.46. The highest BCUT2D eigenvalue weighted by Gasteiger charge is 2.51. The smallest absolute Gasteiger partial charge is 0.234 e. The highest BCUT2D eigenvalue weighted by molar-refractivity contribution is 6.05. The molecule has 122 valence electrons. The topological polar surface area (TPSA) is 40.6 Å². The van der Waals surface area contributed by atoms with Gasteiger partial charge in [-0.15, -0.1) is 0 Å². The molecule has 2 saturated heterocycles. The first kappa shape index (κ1) is 15.1. The zero-order chi connectivity index (χ0) is 16.5. The fraction of sp³-hybridized carbons (Fsp3) is 0.300. The number of benzene rings is 2. The first-order valence-electron chi connectivity index (χ1n) is 8.38. The van der Waals surface area contributed by atoms with E-state index in [-0.39, 0.29) is 23.7 Å². The van der Waals surface area contributed by atoms with Crippen LogP contribution in [0.4, 0.5) is 0 Å². The maximum Gasteiger partial charge on any atom is 0.234 e. The van der Waals surface area contributed by atoms with Gasteiger partial charge in [0.05, 0.1) is 18.4 Å². The van der Waals surface area contributed by atoms with Crippen LogP contribution in [0, 0.1) is 11.8 Å². The summed E-state index contributed by atoms with van der Waals surface area (Å²) in [6.07, 6.45) is 0. The molecule has 2 fully saturated rings. The van der Waals surface area contributed by atoms with Gasteiger partial charge in [0, 0.05) is 19.6 Å². The van der Waals surface area contributed by atoms with Crippen LogP contribution in [0.3, 0.4) is 0 Å². The van der Waals surface area contributed by atoms with Gasteiger partial charge in [-0.05, 0) is 11.1 Å². The van der Waals surface area contributed by atoms with Crippen LogP contribution in [0.15, 0.2) is 60.7 Å². The molecular formula is C20H20N2O2. The molecular weight excluding hydrogens is 300 g/mol. The van der Waals surface area contributed by atoms with E-state index in [2.05, 4.69) is 17.0 Å². The van der Waals surface area contributed by atoms with Gasteiger partial charge in [0.1, 0.15) is 0 Å². The minimum atomic E-state index is -0.176. The Bertz CT molecular complexity index is 721. The molecule has 2 aliphatic rings. The third kappa shape index (κ3) is 2.74. The lowest BCUT2D eigenvalue weighted by atomic mass is 10.00. The molecule has 0 bridgehead atoms. The number of nitrogens with zero attached hydrogens (tertiary/aromatic N) is 2. The summed E-state index contributed by atoms with van der Waals surface area (Å²) in [5.41, 5.74) is 2.22. The van der Waals surface area contributed by atoms with Crippen molar-refractivity contribution in [2.75, 3.05) is 13.1 Å². The minimum absolute atomic E-state index is 0.00980. The van der Waals surface area contributed by atoms with Crippen molar-refractivity contribution in [3.05, 3.63) is 71.8 Å². The van der Waals surface area contributed by atoms with Crippen LogP contribution in [0.25, 0.3) is 0 Å². The molecule has 2 aromatic rings. The summed E-state index contributed by atoms with van der Waals surface area (Å²) < 4.78 is 0. The van der Waals surface area contributed by atoms with Crippen molar-refractivity contribution in [1.82, 2.24) is 9.80 Å². The number of carbonyl (C=O) groups is 2. The molecule has 2 heterocycles. The maximum absolute atomic E-state index is 12.7. The van der Waals surface area contributed by atoms with Crippen molar-refractivity contribution in [2.45, 2.75) is 13.1 Å². The van der Waals surface area contributed by atoms with Gasteiger partial charge in [0.15, 0.2) is 0 Å². The van der Waals surface area contributed by atoms with E-state index in [1.807, 2.05) is 48.5 Å². The van der Waals surface area contributed by atoms with Crippen LogP contribution in [0.5, 0.6) is 0 Å². The molecule has 0 saturated carbocycles. The predicted octanol–water partition coefficient (Wildman–Crippen LogP) is 2.30. The molecule has 24 heavy (non-hydrogen) atoms. The molecule has 2 aromatic carbocycles. The first-order valence-corrected chi connectivity index (χ1v) is 8.38. The van der Waals surface area contributed by atoms with E-state index in [1.54, 1.807) is 0 Å². The zero-order valence-corrected chi connectivity index (χ0v) is 13.5. The van der Waals surface area contributed by atoms with Gasteiger partial charge in [0.2, 0.25) is 11.8 Å². The number of hydrogen-bond acceptors (Lipinski definition) is 3. The van der Waals surface area contributed by atoms with Crippen LogP contribution in [0.2, 0.25) is 0 Å². The monoisotopic (exact) mass is 320 g/mol. The highest BCUT2D eigenvalue weighted by atomic mass is 16.2. The van der Waals surface area contributed by atoms with Crippen molar-refractivity contribution >= 4 is 11.8 Å². The molecule has 2 atom stereocenters. The molecule has 4 rings (SSSR count). The summed E-state index contributed by atoms with van der Waals surface area (Å²) >= 11 is 0. The Labute approximate surface area is 141 Å². The largest absolute Gasteiger partial charge is 0.297 e. The second-order valence-electron chi connectivity index (χ2n) is 6.64. The van der Waals surface area contributed by atoms with Crippen LogP contribution in [-0.2, 0) is 22.7 Å². The number of hydrogen-bond donors (Lipinski definition) is 0. The molecule has 0 spiro atoms. The van der Waals surface area contributed by atoms with Crippen LogP contribution in [-0.4, -0.2) is 34.7 Å². The fourth-order valence-corrected chi connectivity index (χ4v) is 3.79. The standard InChI is InChI=1S/C20H20N2O2/c23-19-17-13-21(11-15-7-3-1-4-8-15)14-18(17)20(24)22(19)12-16-9-5-2-6-10-16/h1-10,17-18H,11-14H2/t17-,18-/m1/s1. The molecule has 4 nitrogen and oxygen atoms in total. The van der Waals surface area contributed by atoms with E-state index in [0.717, 1.165) is 12.1 Å². The fourth-order valence-electron chi connectivity index (χ4n) is 3.79. The second-order valence-corrected chi connectivity index (χ2v) is 6.64. The van der Waals surface area contributed by atoms with E-state index >= 15 is 0 Å². The summed E-state index contributed by atoms with van der Waals surface area (Å²) in [6, 6.07) is 19.9. The molecule has 0 aliphatic carbocycles. The molecule has 0 aromatic heterocycles. The minimum Gasteiger partial charge on any atom is -0.297 e. The number of carbonyl (C=O) groups excluding carboxylic acids is 2. The van der Waals surface area contributed by atoms with Gasteiger partial charge in [-0.1, -0.05) is 60.7 Å². The first-order chi connectivity index (χ1) is 11.7. The third-order valence-electron chi connectivity index (χ3n) is 4.99. The summed E-state index contributed by atoms with van der Waals surface area (Å²) in [5, 5.41) is 0. The van der Waals surface area contributed by atoms with Crippen molar-refractivity contribution < 1.29 is 9.59 Å². The van der Waals surface area contributed by atoms with E-state index in [1.165, 1.54) is 10.5 Å². The number of rotatable bonds is 4. The third-order valence-corrected chi connectivity index (χ3v) is 4.99. The number of fused-ring (bicyclic) bond motifs is 1. The molecule has 4 heteroatoms. The normalized spacial score (nSPS) is 23.8. The molecule has 2 aliphatic heterocycles. The Morgan fingerprint density at radius 1 is 0.708 bits per heavy atom. The SMILES string of the molecule is O=C1[C@@H]2CN(Cc3ccccc3)C[C@H]2C(=O)N1Cc1ccccc1. The van der Waals surface area contributed by atoms with Gasteiger partial charge in [-0.2, -0.15) is 0 Å². The van der Waals surface area contributed by atoms with Crippen molar-refractivity contribution in [1.29, 1.82) is 0 Å². The van der Waals surface area contributed by atoms with E-state index in [9.17, 15) is 9.59 Å². The lowest BCUT2D eigenvalue weighted by Gasteiger charge is -2.20. The maximum atomic E-state index is 12.7. The number of likely N-dealkylation sites (tertiary alicyclic amines) is 2. The molecule has 0 radical (unpaired) electrons. The summed E-state index contributed by atoms with van der Waals surface area (Å²) in [4.78, 5) is 29.0. The average Bonchev–Trinajstić information content (AvgIpc) is 3.12. The van der Waals surface area contributed by atoms with Gasteiger partial charge in [-0.25, -0.2) is 0 Å². The van der Waals surface area contributed by atoms with Crippen molar-refractivity contribution in [3.8, 4) is 0 Å². The molecule has 0 unspecified atom stereocenters.